The Morgan fingerprint density at radius 2 is 1.57 bits per heavy atom. The number of rotatable bonds is 5. The van der Waals surface area contributed by atoms with Crippen molar-refractivity contribution in [3.63, 3.8) is 0 Å². The van der Waals surface area contributed by atoms with E-state index in [2.05, 4.69) is 4.90 Å². The second-order valence-electron chi connectivity index (χ2n) is 8.46. The van der Waals surface area contributed by atoms with Crippen LogP contribution in [-0.2, 0) is 18.9 Å². The summed E-state index contributed by atoms with van der Waals surface area (Å²) in [6, 6.07) is 8.15. The smallest absolute Gasteiger partial charge is 0.399 e. The number of nitrogens with zero attached hydrogens (tertiary/aromatic N) is 2. The standard InChI is InChI=1S/C20H29BN2O5.C2H6/c1-19(2)20(3,4)28-21(27-19)15-5-7-16(8-6-15)22-9-11-23(12-10-22)18(26)13-17(25)14-24;1-2/h5-8,14,17,25H,9-13H2,1-4H3;1-2H3. The molecule has 2 saturated heterocycles. The van der Waals surface area contributed by atoms with Crippen LogP contribution in [0.1, 0.15) is 48.0 Å². The predicted octanol–water partition coefficient (Wildman–Crippen LogP) is 1.61. The van der Waals surface area contributed by atoms with Crippen molar-refractivity contribution >= 4 is 30.5 Å². The SMILES string of the molecule is CC.CC1(C)OB(c2ccc(N3CCN(C(=O)CC(O)C=O)CC3)cc2)OC1(C)C. The van der Waals surface area contributed by atoms with Gasteiger partial charge in [-0.2, -0.15) is 0 Å². The zero-order valence-corrected chi connectivity index (χ0v) is 19.1. The molecule has 0 spiro atoms. The largest absolute Gasteiger partial charge is 0.494 e. The van der Waals surface area contributed by atoms with Crippen LogP contribution in [0.5, 0.6) is 0 Å². The minimum Gasteiger partial charge on any atom is -0.399 e. The van der Waals surface area contributed by atoms with Gasteiger partial charge in [-0.3, -0.25) is 4.79 Å². The van der Waals surface area contributed by atoms with Gasteiger partial charge in [0.1, 0.15) is 12.4 Å². The molecule has 1 N–H and O–H groups in total. The summed E-state index contributed by atoms with van der Waals surface area (Å²) in [4.78, 5) is 26.5. The van der Waals surface area contributed by atoms with Gasteiger partial charge in [0.25, 0.3) is 0 Å². The lowest BCUT2D eigenvalue weighted by atomic mass is 9.79. The van der Waals surface area contributed by atoms with Crippen molar-refractivity contribution in [2.75, 3.05) is 31.1 Å². The number of piperazine rings is 1. The first-order chi connectivity index (χ1) is 14.1. The zero-order chi connectivity index (χ0) is 22.5. The summed E-state index contributed by atoms with van der Waals surface area (Å²) < 4.78 is 12.2. The van der Waals surface area contributed by atoms with E-state index in [1.807, 2.05) is 65.8 Å². The Morgan fingerprint density at radius 3 is 2.03 bits per heavy atom. The molecular weight excluding hydrogens is 383 g/mol. The van der Waals surface area contributed by atoms with Crippen LogP contribution in [-0.4, -0.2) is 72.8 Å². The maximum Gasteiger partial charge on any atom is 0.494 e. The fraction of sp³-hybridized carbons (Fsp3) is 0.636. The van der Waals surface area contributed by atoms with E-state index in [9.17, 15) is 14.7 Å². The van der Waals surface area contributed by atoms with E-state index in [1.165, 1.54) is 0 Å². The molecule has 2 aliphatic rings. The average molecular weight is 418 g/mol. The molecule has 1 unspecified atom stereocenters. The number of aliphatic hydroxyl groups is 1. The van der Waals surface area contributed by atoms with Gasteiger partial charge in [-0.25, -0.2) is 0 Å². The first kappa shape index (κ1) is 24.4. The Hall–Kier alpha value is -1.90. The molecule has 30 heavy (non-hydrogen) atoms. The Balaban J connectivity index is 0.00000155. The van der Waals surface area contributed by atoms with Gasteiger partial charge in [0.05, 0.1) is 17.6 Å². The summed E-state index contributed by atoms with van der Waals surface area (Å²) in [5.74, 6) is -0.185. The monoisotopic (exact) mass is 418 g/mol. The van der Waals surface area contributed by atoms with E-state index in [-0.39, 0.29) is 30.6 Å². The highest BCUT2D eigenvalue weighted by Gasteiger charge is 2.51. The molecule has 7 nitrogen and oxygen atoms in total. The number of benzene rings is 1. The van der Waals surface area contributed by atoms with Gasteiger partial charge >= 0.3 is 7.12 Å². The lowest BCUT2D eigenvalue weighted by Gasteiger charge is -2.36. The minimum atomic E-state index is -1.21. The van der Waals surface area contributed by atoms with E-state index < -0.39 is 6.10 Å². The van der Waals surface area contributed by atoms with Crippen LogP contribution in [0.3, 0.4) is 0 Å². The van der Waals surface area contributed by atoms with Gasteiger partial charge in [-0.1, -0.05) is 26.0 Å². The molecule has 1 amide bonds. The second kappa shape index (κ2) is 9.94. The van der Waals surface area contributed by atoms with E-state index >= 15 is 0 Å². The molecule has 0 aromatic heterocycles. The highest BCUT2D eigenvalue weighted by Crippen LogP contribution is 2.36. The van der Waals surface area contributed by atoms with Crippen LogP contribution in [0.2, 0.25) is 0 Å². The van der Waals surface area contributed by atoms with Crippen molar-refractivity contribution in [3.8, 4) is 0 Å². The van der Waals surface area contributed by atoms with E-state index in [1.54, 1.807) is 4.90 Å². The maximum atomic E-state index is 12.1. The lowest BCUT2D eigenvalue weighted by Crippen LogP contribution is -2.49. The summed E-state index contributed by atoms with van der Waals surface area (Å²) in [6.07, 6.45) is -0.963. The minimum absolute atomic E-state index is 0.147. The van der Waals surface area contributed by atoms with Crippen LogP contribution in [0, 0.1) is 0 Å². The van der Waals surface area contributed by atoms with Gasteiger partial charge in [0.15, 0.2) is 0 Å². The third-order valence-corrected chi connectivity index (χ3v) is 5.96. The van der Waals surface area contributed by atoms with Crippen LogP contribution in [0.25, 0.3) is 0 Å². The molecule has 0 saturated carbocycles. The quantitative estimate of drug-likeness (QED) is 0.578. The highest BCUT2D eigenvalue weighted by atomic mass is 16.7. The van der Waals surface area contributed by atoms with Gasteiger partial charge < -0.3 is 29.0 Å². The number of carbonyl (C=O) groups excluding carboxylic acids is 2. The van der Waals surface area contributed by atoms with Gasteiger partial charge in [-0.05, 0) is 45.3 Å². The van der Waals surface area contributed by atoms with Crippen molar-refractivity contribution in [3.05, 3.63) is 24.3 Å². The summed E-state index contributed by atoms with van der Waals surface area (Å²) in [5, 5.41) is 9.32. The molecule has 1 aromatic rings. The summed E-state index contributed by atoms with van der Waals surface area (Å²) in [6.45, 7) is 14.7. The van der Waals surface area contributed by atoms with Gasteiger partial charge in [0.2, 0.25) is 5.91 Å². The van der Waals surface area contributed by atoms with Crippen molar-refractivity contribution < 1.29 is 24.0 Å². The number of anilines is 1. The molecule has 0 bridgehead atoms. The van der Waals surface area contributed by atoms with Gasteiger partial charge in [-0.15, -0.1) is 0 Å². The fourth-order valence-electron chi connectivity index (χ4n) is 3.39. The van der Waals surface area contributed by atoms with Crippen LogP contribution < -0.4 is 10.4 Å². The molecule has 2 aliphatic heterocycles. The van der Waals surface area contributed by atoms with E-state index in [0.29, 0.717) is 32.5 Å². The van der Waals surface area contributed by atoms with Gasteiger partial charge in [0, 0.05) is 31.9 Å². The molecule has 3 rings (SSSR count). The molecule has 1 aromatic carbocycles. The first-order valence-corrected chi connectivity index (χ1v) is 10.7. The average Bonchev–Trinajstić information content (AvgIpc) is 2.96. The molecule has 166 valence electrons. The van der Waals surface area contributed by atoms with Crippen molar-refractivity contribution in [2.45, 2.75) is 65.3 Å². The third kappa shape index (κ3) is 5.42. The molecule has 2 fully saturated rings. The topological polar surface area (TPSA) is 79.3 Å². The van der Waals surface area contributed by atoms with Crippen LogP contribution >= 0.6 is 0 Å². The highest BCUT2D eigenvalue weighted by molar-refractivity contribution is 6.62. The van der Waals surface area contributed by atoms with Crippen molar-refractivity contribution in [1.82, 2.24) is 4.90 Å². The first-order valence-electron chi connectivity index (χ1n) is 10.7. The Labute approximate surface area is 180 Å². The number of carbonyl (C=O) groups is 2. The van der Waals surface area contributed by atoms with Crippen LogP contribution in [0.15, 0.2) is 24.3 Å². The van der Waals surface area contributed by atoms with E-state index in [4.69, 9.17) is 9.31 Å². The maximum absolute atomic E-state index is 12.1. The second-order valence-corrected chi connectivity index (χ2v) is 8.46. The Bertz CT molecular complexity index is 699. The summed E-state index contributed by atoms with van der Waals surface area (Å²) in [7, 11) is -0.377. The Kier molecular flexibility index (Phi) is 8.08. The number of aldehydes is 1. The molecule has 0 radical (unpaired) electrons. The van der Waals surface area contributed by atoms with Crippen molar-refractivity contribution in [1.29, 1.82) is 0 Å². The predicted molar refractivity (Wildman–Crippen MR) is 119 cm³/mol. The normalized spacial score (nSPS) is 21.0. The number of hydrogen-bond donors (Lipinski definition) is 1. The third-order valence-electron chi connectivity index (χ3n) is 5.96. The fourth-order valence-corrected chi connectivity index (χ4v) is 3.39. The molecule has 2 heterocycles. The number of amides is 1. The van der Waals surface area contributed by atoms with Crippen molar-refractivity contribution in [2.24, 2.45) is 0 Å². The molecule has 1 atom stereocenters. The molecule has 8 heteroatoms. The summed E-state index contributed by atoms with van der Waals surface area (Å²) in [5.41, 5.74) is 1.34. The lowest BCUT2D eigenvalue weighted by molar-refractivity contribution is -0.135. The molecule has 0 aliphatic carbocycles. The zero-order valence-electron chi connectivity index (χ0n) is 19.1. The Morgan fingerprint density at radius 1 is 1.07 bits per heavy atom. The number of hydrogen-bond acceptors (Lipinski definition) is 6. The summed E-state index contributed by atoms with van der Waals surface area (Å²) >= 11 is 0. The number of aliphatic hydroxyl groups excluding tert-OH is 1. The van der Waals surface area contributed by atoms with E-state index in [0.717, 1.165) is 11.2 Å². The van der Waals surface area contributed by atoms with Crippen LogP contribution in [0.4, 0.5) is 5.69 Å². The molecular formula is C22H35BN2O5.